The van der Waals surface area contributed by atoms with E-state index >= 15 is 0 Å². The number of para-hydroxylation sites is 1. The summed E-state index contributed by atoms with van der Waals surface area (Å²) < 4.78 is 7.46. The van der Waals surface area contributed by atoms with Crippen molar-refractivity contribution in [2.75, 3.05) is 6.61 Å². The van der Waals surface area contributed by atoms with Crippen molar-refractivity contribution >= 4 is 28.4 Å². The number of hydrogen-bond acceptors (Lipinski definition) is 4. The molecule has 152 valence electrons. The quantitative estimate of drug-likeness (QED) is 0.499. The topological polar surface area (TPSA) is 69.0 Å². The number of amides is 1. The van der Waals surface area contributed by atoms with E-state index in [-0.39, 0.29) is 11.9 Å². The smallest absolute Gasteiger partial charge is 0.252 e. The highest BCUT2D eigenvalue weighted by Gasteiger charge is 2.16. The van der Waals surface area contributed by atoms with Crippen molar-refractivity contribution < 1.29 is 9.53 Å². The molecule has 0 radical (unpaired) electrons. The number of hydrogen-bond donors (Lipinski definition) is 1. The van der Waals surface area contributed by atoms with E-state index in [1.165, 1.54) is 0 Å². The Kier molecular flexibility index (Phi) is 5.68. The zero-order valence-corrected chi connectivity index (χ0v) is 17.4. The van der Waals surface area contributed by atoms with Crippen LogP contribution in [0, 0.1) is 0 Å². The number of halogens is 1. The Bertz CT molecular complexity index is 1190. The van der Waals surface area contributed by atoms with Crippen LogP contribution >= 0.6 is 11.6 Å². The predicted molar refractivity (Wildman–Crippen MR) is 118 cm³/mol. The normalized spacial score (nSPS) is 12.0. The molecule has 0 aliphatic carbocycles. The number of ether oxygens (including phenoxy) is 1. The molecule has 0 bridgehead atoms. The lowest BCUT2D eigenvalue weighted by atomic mass is 10.0. The minimum atomic E-state index is -0.193. The molecular formula is C23H21ClN4O2. The lowest BCUT2D eigenvalue weighted by Gasteiger charge is -2.16. The number of aryl methyl sites for hydroxylation is 1. The summed E-state index contributed by atoms with van der Waals surface area (Å²) in [6, 6.07) is 16.4. The SMILES string of the molecule is C[C@H](COc1ccc(Cl)cc1)NC(=O)c1cc(-c2cnn(C)c2)nc2ccccc12. The van der Waals surface area contributed by atoms with Gasteiger partial charge in [0, 0.05) is 29.2 Å². The largest absolute Gasteiger partial charge is 0.491 e. The number of carbonyl (C=O) groups excluding carboxylic acids is 1. The Morgan fingerprint density at radius 3 is 2.70 bits per heavy atom. The number of pyridine rings is 1. The molecule has 4 rings (SSSR count). The number of fused-ring (bicyclic) bond motifs is 1. The van der Waals surface area contributed by atoms with Crippen LogP contribution in [0.2, 0.25) is 5.02 Å². The molecule has 0 saturated heterocycles. The van der Waals surface area contributed by atoms with Gasteiger partial charge < -0.3 is 10.1 Å². The molecule has 4 aromatic rings. The van der Waals surface area contributed by atoms with Crippen LogP contribution < -0.4 is 10.1 Å². The molecule has 0 aliphatic heterocycles. The number of aromatic nitrogens is 3. The van der Waals surface area contributed by atoms with Crippen molar-refractivity contribution in [3.05, 3.63) is 77.6 Å². The van der Waals surface area contributed by atoms with Crippen molar-refractivity contribution in [1.82, 2.24) is 20.1 Å². The summed E-state index contributed by atoms with van der Waals surface area (Å²) in [7, 11) is 1.85. The van der Waals surface area contributed by atoms with Crippen molar-refractivity contribution in [3.8, 4) is 17.0 Å². The maximum absolute atomic E-state index is 13.1. The van der Waals surface area contributed by atoms with Crippen molar-refractivity contribution in [1.29, 1.82) is 0 Å². The van der Waals surface area contributed by atoms with Crippen LogP contribution in [-0.2, 0) is 7.05 Å². The highest BCUT2D eigenvalue weighted by atomic mass is 35.5. The number of nitrogens with zero attached hydrogens (tertiary/aromatic N) is 3. The monoisotopic (exact) mass is 420 g/mol. The summed E-state index contributed by atoms with van der Waals surface area (Å²) in [6.07, 6.45) is 3.61. The Morgan fingerprint density at radius 1 is 1.20 bits per heavy atom. The number of benzene rings is 2. The van der Waals surface area contributed by atoms with E-state index in [9.17, 15) is 4.79 Å². The van der Waals surface area contributed by atoms with E-state index < -0.39 is 0 Å². The zero-order valence-electron chi connectivity index (χ0n) is 16.7. The fourth-order valence-corrected chi connectivity index (χ4v) is 3.29. The molecular weight excluding hydrogens is 400 g/mol. The van der Waals surface area contributed by atoms with Gasteiger partial charge in [-0.1, -0.05) is 29.8 Å². The summed E-state index contributed by atoms with van der Waals surface area (Å²) in [6.45, 7) is 2.24. The van der Waals surface area contributed by atoms with E-state index in [1.807, 2.05) is 44.4 Å². The lowest BCUT2D eigenvalue weighted by Crippen LogP contribution is -2.37. The van der Waals surface area contributed by atoms with Crippen LogP contribution in [0.15, 0.2) is 67.0 Å². The van der Waals surface area contributed by atoms with Gasteiger partial charge >= 0.3 is 0 Å². The van der Waals surface area contributed by atoms with Gasteiger partial charge in [0.1, 0.15) is 12.4 Å². The van der Waals surface area contributed by atoms with Gasteiger partial charge in [0.15, 0.2) is 0 Å². The van der Waals surface area contributed by atoms with E-state index in [0.717, 1.165) is 16.5 Å². The van der Waals surface area contributed by atoms with E-state index in [4.69, 9.17) is 21.3 Å². The first-order chi connectivity index (χ1) is 14.5. The van der Waals surface area contributed by atoms with Gasteiger partial charge in [-0.15, -0.1) is 0 Å². The first-order valence-corrected chi connectivity index (χ1v) is 9.95. The van der Waals surface area contributed by atoms with Gasteiger partial charge in [-0.2, -0.15) is 5.10 Å². The molecule has 30 heavy (non-hydrogen) atoms. The average Bonchev–Trinajstić information content (AvgIpc) is 3.19. The molecule has 1 amide bonds. The van der Waals surface area contributed by atoms with Gasteiger partial charge in [0.05, 0.1) is 29.0 Å². The Labute approximate surface area is 179 Å². The summed E-state index contributed by atoms with van der Waals surface area (Å²) in [5.41, 5.74) is 2.89. The molecule has 7 heteroatoms. The average molecular weight is 421 g/mol. The third-order valence-corrected chi connectivity index (χ3v) is 4.90. The summed E-state index contributed by atoms with van der Waals surface area (Å²) in [4.78, 5) is 17.8. The Hall–Kier alpha value is -3.38. The maximum Gasteiger partial charge on any atom is 0.252 e. The first-order valence-electron chi connectivity index (χ1n) is 9.57. The van der Waals surface area contributed by atoms with Gasteiger partial charge in [0.2, 0.25) is 0 Å². The molecule has 0 saturated carbocycles. The lowest BCUT2D eigenvalue weighted by molar-refractivity contribution is 0.0928. The molecule has 0 spiro atoms. The fourth-order valence-electron chi connectivity index (χ4n) is 3.16. The van der Waals surface area contributed by atoms with Crippen LogP contribution in [0.3, 0.4) is 0 Å². The van der Waals surface area contributed by atoms with Crippen LogP contribution in [0.5, 0.6) is 5.75 Å². The highest BCUT2D eigenvalue weighted by molar-refractivity contribution is 6.30. The molecule has 0 unspecified atom stereocenters. The second-order valence-electron chi connectivity index (χ2n) is 7.11. The van der Waals surface area contributed by atoms with E-state index in [1.54, 1.807) is 41.2 Å². The Balaban J connectivity index is 1.55. The standard InChI is InChI=1S/C23H21ClN4O2/c1-15(14-30-18-9-7-17(24)8-10-18)26-23(29)20-11-22(16-12-25-28(2)13-16)27-21-6-4-3-5-19(20)21/h3-13,15H,14H2,1-2H3,(H,26,29)/t15-/m1/s1. The highest BCUT2D eigenvalue weighted by Crippen LogP contribution is 2.24. The molecule has 1 N–H and O–H groups in total. The summed E-state index contributed by atoms with van der Waals surface area (Å²) >= 11 is 5.89. The minimum absolute atomic E-state index is 0.175. The van der Waals surface area contributed by atoms with Gasteiger partial charge in [-0.3, -0.25) is 9.48 Å². The van der Waals surface area contributed by atoms with Gasteiger partial charge in [-0.25, -0.2) is 4.98 Å². The molecule has 0 fully saturated rings. The zero-order chi connectivity index (χ0) is 21.1. The number of carbonyl (C=O) groups is 1. The Morgan fingerprint density at radius 2 is 1.97 bits per heavy atom. The molecule has 0 aliphatic rings. The van der Waals surface area contributed by atoms with E-state index in [2.05, 4.69) is 10.4 Å². The van der Waals surface area contributed by atoms with Crippen molar-refractivity contribution in [2.45, 2.75) is 13.0 Å². The molecule has 6 nitrogen and oxygen atoms in total. The molecule has 2 aromatic heterocycles. The van der Waals surface area contributed by atoms with E-state index in [0.29, 0.717) is 28.6 Å². The second-order valence-corrected chi connectivity index (χ2v) is 7.55. The fraction of sp³-hybridized carbons (Fsp3) is 0.174. The third-order valence-electron chi connectivity index (χ3n) is 4.65. The number of rotatable bonds is 6. The predicted octanol–water partition coefficient (Wildman–Crippen LogP) is 4.49. The third kappa shape index (κ3) is 4.44. The van der Waals surface area contributed by atoms with Crippen molar-refractivity contribution in [2.24, 2.45) is 7.05 Å². The van der Waals surface area contributed by atoms with Crippen LogP contribution in [-0.4, -0.2) is 33.3 Å². The summed E-state index contributed by atoms with van der Waals surface area (Å²) in [5.74, 6) is 0.527. The molecule has 1 atom stereocenters. The van der Waals surface area contributed by atoms with Crippen LogP contribution in [0.25, 0.3) is 22.2 Å². The van der Waals surface area contributed by atoms with Crippen LogP contribution in [0.4, 0.5) is 0 Å². The van der Waals surface area contributed by atoms with Gasteiger partial charge in [-0.05, 0) is 43.3 Å². The van der Waals surface area contributed by atoms with Crippen molar-refractivity contribution in [3.63, 3.8) is 0 Å². The van der Waals surface area contributed by atoms with Crippen LogP contribution in [0.1, 0.15) is 17.3 Å². The first kappa shape index (κ1) is 19.9. The second kappa shape index (κ2) is 8.55. The maximum atomic E-state index is 13.1. The molecule has 2 heterocycles. The minimum Gasteiger partial charge on any atom is -0.491 e. The summed E-state index contributed by atoms with van der Waals surface area (Å²) in [5, 5.41) is 8.67. The molecule has 2 aromatic carbocycles. The van der Waals surface area contributed by atoms with Gasteiger partial charge in [0.25, 0.3) is 5.91 Å². The number of nitrogens with one attached hydrogen (secondary N) is 1.